The van der Waals surface area contributed by atoms with Crippen molar-refractivity contribution in [2.45, 2.75) is 19.9 Å². The highest BCUT2D eigenvalue weighted by Gasteiger charge is 2.18. The largest absolute Gasteiger partial charge is 0.348 e. The molecule has 1 N–H and O–H groups in total. The van der Waals surface area contributed by atoms with Gasteiger partial charge in [0.05, 0.1) is 11.3 Å². The second-order valence-corrected chi connectivity index (χ2v) is 6.76. The van der Waals surface area contributed by atoms with E-state index in [2.05, 4.69) is 29.4 Å². The zero-order valence-electron chi connectivity index (χ0n) is 16.2. The van der Waals surface area contributed by atoms with Crippen molar-refractivity contribution in [2.24, 2.45) is 0 Å². The number of nitrogens with one attached hydrogen (secondary N) is 1. The number of aromatic nitrogens is 3. The van der Waals surface area contributed by atoms with Crippen molar-refractivity contribution in [3.8, 4) is 16.9 Å². The molecule has 5 heteroatoms. The number of nitrogens with zero attached hydrogens (tertiary/aromatic N) is 3. The van der Waals surface area contributed by atoms with Crippen LogP contribution in [0.3, 0.4) is 0 Å². The van der Waals surface area contributed by atoms with Gasteiger partial charge in [-0.2, -0.15) is 5.10 Å². The molecule has 2 aromatic carbocycles. The summed E-state index contributed by atoms with van der Waals surface area (Å²) in [5.74, 6) is -0.154. The van der Waals surface area contributed by atoms with Gasteiger partial charge in [-0.25, -0.2) is 4.68 Å². The number of carbonyl (C=O) groups excluding carboxylic acids is 1. The minimum Gasteiger partial charge on any atom is -0.348 e. The predicted molar refractivity (Wildman–Crippen MR) is 114 cm³/mol. The highest BCUT2D eigenvalue weighted by molar-refractivity contribution is 5.99. The van der Waals surface area contributed by atoms with Gasteiger partial charge in [-0.05, 0) is 41.8 Å². The number of pyridine rings is 1. The van der Waals surface area contributed by atoms with Crippen molar-refractivity contribution < 1.29 is 4.79 Å². The van der Waals surface area contributed by atoms with E-state index in [9.17, 15) is 4.79 Å². The fourth-order valence-corrected chi connectivity index (χ4v) is 3.14. The van der Waals surface area contributed by atoms with Crippen molar-refractivity contribution in [2.75, 3.05) is 0 Å². The molecule has 0 saturated carbocycles. The number of aryl methyl sites for hydroxylation is 1. The van der Waals surface area contributed by atoms with E-state index in [0.717, 1.165) is 23.2 Å². The van der Waals surface area contributed by atoms with Crippen LogP contribution >= 0.6 is 0 Å². The Balaban J connectivity index is 1.68. The van der Waals surface area contributed by atoms with Crippen molar-refractivity contribution in [3.05, 3.63) is 102 Å². The first-order valence-electron chi connectivity index (χ1n) is 9.66. The van der Waals surface area contributed by atoms with Gasteiger partial charge in [0.25, 0.3) is 5.91 Å². The molecule has 0 aliphatic heterocycles. The van der Waals surface area contributed by atoms with Gasteiger partial charge in [-0.1, -0.05) is 49.4 Å². The maximum atomic E-state index is 13.0. The average Bonchev–Trinajstić information content (AvgIpc) is 3.24. The van der Waals surface area contributed by atoms with Crippen molar-refractivity contribution in [1.29, 1.82) is 0 Å². The summed E-state index contributed by atoms with van der Waals surface area (Å²) < 4.78 is 1.75. The SMILES string of the molecule is CCc1ccc(-c2nn(-c3ccccc3)cc2C(=O)NCc2ccncc2)cc1. The molecule has 0 fully saturated rings. The van der Waals surface area contributed by atoms with Gasteiger partial charge in [-0.3, -0.25) is 9.78 Å². The summed E-state index contributed by atoms with van der Waals surface area (Å²) in [4.78, 5) is 17.0. The summed E-state index contributed by atoms with van der Waals surface area (Å²) in [5.41, 5.74) is 5.30. The Morgan fingerprint density at radius 1 is 0.931 bits per heavy atom. The molecule has 0 bridgehead atoms. The molecular formula is C24H22N4O. The molecule has 4 rings (SSSR count). The van der Waals surface area contributed by atoms with Crippen LogP contribution in [0.15, 0.2) is 85.3 Å². The summed E-state index contributed by atoms with van der Waals surface area (Å²) in [6.07, 6.45) is 6.20. The lowest BCUT2D eigenvalue weighted by atomic mass is 10.0. The van der Waals surface area contributed by atoms with Crippen molar-refractivity contribution in [1.82, 2.24) is 20.1 Å². The first-order valence-corrected chi connectivity index (χ1v) is 9.66. The van der Waals surface area contributed by atoms with Gasteiger partial charge in [0, 0.05) is 30.7 Å². The Hall–Kier alpha value is -3.73. The number of amides is 1. The molecule has 0 unspecified atom stereocenters. The molecule has 1 amide bonds. The number of hydrogen-bond acceptors (Lipinski definition) is 3. The molecule has 0 aliphatic rings. The predicted octanol–water partition coefficient (Wildman–Crippen LogP) is 4.43. The highest BCUT2D eigenvalue weighted by Crippen LogP contribution is 2.24. The molecule has 0 spiro atoms. The maximum absolute atomic E-state index is 13.0. The quantitative estimate of drug-likeness (QED) is 0.537. The van der Waals surface area contributed by atoms with Gasteiger partial charge in [0.1, 0.15) is 5.69 Å². The first kappa shape index (κ1) is 18.6. The number of benzene rings is 2. The Morgan fingerprint density at radius 3 is 2.34 bits per heavy atom. The fourth-order valence-electron chi connectivity index (χ4n) is 3.14. The zero-order chi connectivity index (χ0) is 20.1. The van der Waals surface area contributed by atoms with Gasteiger partial charge >= 0.3 is 0 Å². The van der Waals surface area contributed by atoms with E-state index in [1.165, 1.54) is 5.56 Å². The number of carbonyl (C=O) groups is 1. The third kappa shape index (κ3) is 4.24. The summed E-state index contributed by atoms with van der Waals surface area (Å²) in [6.45, 7) is 2.56. The first-order chi connectivity index (χ1) is 14.2. The van der Waals surface area contributed by atoms with Gasteiger partial charge in [-0.15, -0.1) is 0 Å². The normalized spacial score (nSPS) is 10.7. The second kappa shape index (κ2) is 8.52. The Bertz CT molecular complexity index is 1090. The van der Waals surface area contributed by atoms with Gasteiger partial charge in [0.15, 0.2) is 0 Å². The lowest BCUT2D eigenvalue weighted by Crippen LogP contribution is -2.23. The molecule has 29 heavy (non-hydrogen) atoms. The van der Waals surface area contributed by atoms with E-state index >= 15 is 0 Å². The minimum absolute atomic E-state index is 0.154. The molecule has 0 saturated heterocycles. The van der Waals surface area contributed by atoms with Crippen LogP contribution in [0, 0.1) is 0 Å². The molecule has 0 aliphatic carbocycles. The molecule has 2 aromatic heterocycles. The van der Waals surface area contributed by atoms with E-state index in [1.54, 1.807) is 23.3 Å². The summed E-state index contributed by atoms with van der Waals surface area (Å²) in [7, 11) is 0. The molecule has 0 radical (unpaired) electrons. The molecule has 5 nitrogen and oxygen atoms in total. The monoisotopic (exact) mass is 382 g/mol. The Kier molecular flexibility index (Phi) is 5.47. The topological polar surface area (TPSA) is 59.8 Å². The van der Waals surface area contributed by atoms with Gasteiger partial charge in [0.2, 0.25) is 0 Å². The molecular weight excluding hydrogens is 360 g/mol. The van der Waals surface area contributed by atoms with Gasteiger partial charge < -0.3 is 5.32 Å². The number of para-hydroxylation sites is 1. The van der Waals surface area contributed by atoms with Crippen LogP contribution in [0.1, 0.15) is 28.4 Å². The molecule has 0 atom stereocenters. The minimum atomic E-state index is -0.154. The third-order valence-corrected chi connectivity index (χ3v) is 4.82. The second-order valence-electron chi connectivity index (χ2n) is 6.76. The van der Waals surface area contributed by atoms with Crippen molar-refractivity contribution >= 4 is 5.91 Å². The average molecular weight is 382 g/mol. The van der Waals surface area contributed by atoms with Crippen LogP contribution in [-0.2, 0) is 13.0 Å². The number of rotatable bonds is 6. The smallest absolute Gasteiger partial charge is 0.255 e. The van der Waals surface area contributed by atoms with Crippen LogP contribution in [-0.4, -0.2) is 20.7 Å². The highest BCUT2D eigenvalue weighted by atomic mass is 16.1. The van der Waals surface area contributed by atoms with E-state index in [1.807, 2.05) is 54.6 Å². The Morgan fingerprint density at radius 2 is 1.66 bits per heavy atom. The van der Waals surface area contributed by atoms with E-state index in [0.29, 0.717) is 17.8 Å². The third-order valence-electron chi connectivity index (χ3n) is 4.82. The van der Waals surface area contributed by atoms with Crippen LogP contribution in [0.5, 0.6) is 0 Å². The van der Waals surface area contributed by atoms with E-state index < -0.39 is 0 Å². The molecule has 144 valence electrons. The summed E-state index contributed by atoms with van der Waals surface area (Å²) in [6, 6.07) is 21.8. The molecule has 2 heterocycles. The van der Waals surface area contributed by atoms with Crippen LogP contribution in [0.2, 0.25) is 0 Å². The lowest BCUT2D eigenvalue weighted by molar-refractivity contribution is 0.0951. The lowest BCUT2D eigenvalue weighted by Gasteiger charge is -2.06. The summed E-state index contributed by atoms with van der Waals surface area (Å²) in [5, 5.41) is 7.72. The van der Waals surface area contributed by atoms with Crippen LogP contribution in [0.25, 0.3) is 16.9 Å². The van der Waals surface area contributed by atoms with Crippen LogP contribution < -0.4 is 5.32 Å². The van der Waals surface area contributed by atoms with E-state index in [4.69, 9.17) is 5.10 Å². The molecule has 4 aromatic rings. The maximum Gasteiger partial charge on any atom is 0.255 e. The van der Waals surface area contributed by atoms with E-state index in [-0.39, 0.29) is 5.91 Å². The standard InChI is InChI=1S/C24H22N4O/c1-2-18-8-10-20(11-9-18)23-22(17-28(27-23)21-6-4-3-5-7-21)24(29)26-16-19-12-14-25-15-13-19/h3-15,17H,2,16H2,1H3,(H,26,29). The summed E-state index contributed by atoms with van der Waals surface area (Å²) >= 11 is 0. The zero-order valence-corrected chi connectivity index (χ0v) is 16.2. The Labute approximate surface area is 170 Å². The van der Waals surface area contributed by atoms with Crippen LogP contribution in [0.4, 0.5) is 0 Å². The fraction of sp³-hybridized carbons (Fsp3) is 0.125. The van der Waals surface area contributed by atoms with Crippen molar-refractivity contribution in [3.63, 3.8) is 0 Å². The number of hydrogen-bond donors (Lipinski definition) is 1.